The number of alkyl halides is 3. The predicted molar refractivity (Wildman–Crippen MR) is 58.2 cm³/mol. The Morgan fingerprint density at radius 3 is 2.67 bits per heavy atom. The molecular weight excluding hydrogens is 271 g/mol. The number of halogens is 4. The molecule has 1 aromatic rings. The fourth-order valence-corrected chi connectivity index (χ4v) is 1.90. The minimum Gasteiger partial charge on any atom is -0.362 e. The maximum Gasteiger partial charge on any atom is 0.416 e. The second-order valence-electron chi connectivity index (χ2n) is 3.84. The van der Waals surface area contributed by atoms with Crippen LogP contribution in [0.2, 0.25) is 5.02 Å². The molecular formula is C11H9ClF3NO2. The van der Waals surface area contributed by atoms with Gasteiger partial charge in [-0.3, -0.25) is 4.79 Å². The standard InChI is InChI=1S/C11H9ClF3NO2/c12-8-2-1-6(11(13,14)15)3-7(8)9-4-16-10(17)5-18-9/h1-3,9H,4-5H2,(H,16,17)/t9-/m1/s1. The largest absolute Gasteiger partial charge is 0.416 e. The first-order chi connectivity index (χ1) is 8.38. The smallest absolute Gasteiger partial charge is 0.362 e. The Morgan fingerprint density at radius 2 is 2.11 bits per heavy atom. The number of ether oxygens (including phenoxy) is 1. The molecule has 1 aliphatic heterocycles. The summed E-state index contributed by atoms with van der Waals surface area (Å²) in [5.74, 6) is -0.297. The highest BCUT2D eigenvalue weighted by atomic mass is 35.5. The number of carbonyl (C=O) groups is 1. The zero-order valence-electron chi connectivity index (χ0n) is 9.05. The molecule has 3 nitrogen and oxygen atoms in total. The maximum atomic E-state index is 12.6. The molecule has 0 bridgehead atoms. The van der Waals surface area contributed by atoms with Crippen molar-refractivity contribution in [2.45, 2.75) is 12.3 Å². The first kappa shape index (κ1) is 13.2. The van der Waals surface area contributed by atoms with E-state index in [4.69, 9.17) is 16.3 Å². The lowest BCUT2D eigenvalue weighted by Crippen LogP contribution is -2.38. The number of amides is 1. The van der Waals surface area contributed by atoms with Crippen LogP contribution in [0.3, 0.4) is 0 Å². The van der Waals surface area contributed by atoms with Gasteiger partial charge in [0.2, 0.25) is 5.91 Å². The molecule has 0 spiro atoms. The zero-order chi connectivity index (χ0) is 13.3. The highest BCUT2D eigenvalue weighted by Crippen LogP contribution is 2.34. The van der Waals surface area contributed by atoms with Crippen LogP contribution in [-0.4, -0.2) is 19.1 Å². The molecule has 1 saturated heterocycles. The van der Waals surface area contributed by atoms with E-state index in [1.54, 1.807) is 0 Å². The summed E-state index contributed by atoms with van der Waals surface area (Å²) in [5.41, 5.74) is -0.561. The van der Waals surface area contributed by atoms with Crippen LogP contribution in [0.15, 0.2) is 18.2 Å². The Bertz CT molecular complexity index is 466. The van der Waals surface area contributed by atoms with Crippen LogP contribution in [0.4, 0.5) is 13.2 Å². The van der Waals surface area contributed by atoms with E-state index in [9.17, 15) is 18.0 Å². The molecule has 98 valence electrons. The monoisotopic (exact) mass is 279 g/mol. The first-order valence-electron chi connectivity index (χ1n) is 5.13. The third-order valence-corrected chi connectivity index (χ3v) is 2.91. The summed E-state index contributed by atoms with van der Waals surface area (Å²) in [6.45, 7) is -0.0723. The van der Waals surface area contributed by atoms with Gasteiger partial charge < -0.3 is 10.1 Å². The van der Waals surface area contributed by atoms with Crippen molar-refractivity contribution in [3.63, 3.8) is 0 Å². The fourth-order valence-electron chi connectivity index (χ4n) is 1.66. The van der Waals surface area contributed by atoms with Crippen molar-refractivity contribution in [3.05, 3.63) is 34.3 Å². The Kier molecular flexibility index (Phi) is 3.49. The van der Waals surface area contributed by atoms with Gasteiger partial charge in [0, 0.05) is 17.1 Å². The number of hydrogen-bond donors (Lipinski definition) is 1. The van der Waals surface area contributed by atoms with Crippen LogP contribution >= 0.6 is 11.6 Å². The van der Waals surface area contributed by atoms with Gasteiger partial charge >= 0.3 is 6.18 Å². The number of carbonyl (C=O) groups excluding carboxylic acids is 1. The van der Waals surface area contributed by atoms with E-state index in [-0.39, 0.29) is 29.6 Å². The van der Waals surface area contributed by atoms with E-state index in [1.165, 1.54) is 6.07 Å². The summed E-state index contributed by atoms with van der Waals surface area (Å²) in [6.07, 6.45) is -5.09. The van der Waals surface area contributed by atoms with Gasteiger partial charge in [-0.2, -0.15) is 13.2 Å². The molecule has 1 atom stereocenters. The number of morpholine rings is 1. The van der Waals surface area contributed by atoms with E-state index in [0.717, 1.165) is 12.1 Å². The van der Waals surface area contributed by atoms with Gasteiger partial charge in [0.15, 0.2) is 0 Å². The number of rotatable bonds is 1. The minimum atomic E-state index is -4.43. The number of nitrogens with one attached hydrogen (secondary N) is 1. The van der Waals surface area contributed by atoms with Crippen LogP contribution in [0.25, 0.3) is 0 Å². The molecule has 1 aromatic carbocycles. The van der Waals surface area contributed by atoms with Crippen molar-refractivity contribution < 1.29 is 22.7 Å². The average molecular weight is 280 g/mol. The Hall–Kier alpha value is -1.27. The second-order valence-corrected chi connectivity index (χ2v) is 4.24. The van der Waals surface area contributed by atoms with Gasteiger partial charge in [-0.05, 0) is 18.2 Å². The molecule has 7 heteroatoms. The lowest BCUT2D eigenvalue weighted by Gasteiger charge is -2.24. The summed E-state index contributed by atoms with van der Waals surface area (Å²) in [4.78, 5) is 10.9. The normalized spacial score (nSPS) is 20.7. The van der Waals surface area contributed by atoms with Crippen molar-refractivity contribution in [2.75, 3.05) is 13.2 Å². The van der Waals surface area contributed by atoms with Crippen molar-refractivity contribution in [1.82, 2.24) is 5.32 Å². The topological polar surface area (TPSA) is 38.3 Å². The highest BCUT2D eigenvalue weighted by molar-refractivity contribution is 6.31. The lowest BCUT2D eigenvalue weighted by atomic mass is 10.0. The summed E-state index contributed by atoms with van der Waals surface area (Å²) in [7, 11) is 0. The van der Waals surface area contributed by atoms with Crippen LogP contribution in [-0.2, 0) is 15.7 Å². The Morgan fingerprint density at radius 1 is 1.39 bits per heavy atom. The fraction of sp³-hybridized carbons (Fsp3) is 0.364. The molecule has 1 N–H and O–H groups in total. The minimum absolute atomic E-state index is 0.111. The summed E-state index contributed by atoms with van der Waals surface area (Å²) < 4.78 is 42.9. The molecule has 18 heavy (non-hydrogen) atoms. The molecule has 0 aromatic heterocycles. The van der Waals surface area contributed by atoms with Crippen LogP contribution in [0.1, 0.15) is 17.2 Å². The molecule has 0 radical (unpaired) electrons. The summed E-state index contributed by atoms with van der Waals surface area (Å²) >= 11 is 5.86. The second kappa shape index (κ2) is 4.78. The molecule has 0 saturated carbocycles. The SMILES string of the molecule is O=C1CO[C@@H](c2cc(C(F)(F)F)ccc2Cl)CN1. The molecule has 0 aliphatic carbocycles. The number of benzene rings is 1. The quantitative estimate of drug-likeness (QED) is 0.858. The average Bonchev–Trinajstić information content (AvgIpc) is 2.29. The molecule has 1 heterocycles. The zero-order valence-corrected chi connectivity index (χ0v) is 9.81. The molecule has 2 rings (SSSR count). The van der Waals surface area contributed by atoms with Crippen LogP contribution in [0, 0.1) is 0 Å². The van der Waals surface area contributed by atoms with Crippen LogP contribution in [0.5, 0.6) is 0 Å². The van der Waals surface area contributed by atoms with E-state index in [2.05, 4.69) is 5.32 Å². The summed E-state index contributed by atoms with van der Waals surface area (Å²) in [5, 5.41) is 2.70. The first-order valence-corrected chi connectivity index (χ1v) is 5.50. The predicted octanol–water partition coefficient (Wildman–Crippen LogP) is 2.55. The third kappa shape index (κ3) is 2.76. The third-order valence-electron chi connectivity index (χ3n) is 2.57. The van der Waals surface area contributed by atoms with Crippen LogP contribution < -0.4 is 5.32 Å². The van der Waals surface area contributed by atoms with Crippen molar-refractivity contribution >= 4 is 17.5 Å². The van der Waals surface area contributed by atoms with E-state index in [1.807, 2.05) is 0 Å². The molecule has 1 aliphatic rings. The molecule has 1 fully saturated rings. The van der Waals surface area contributed by atoms with Crippen molar-refractivity contribution in [2.24, 2.45) is 0 Å². The lowest BCUT2D eigenvalue weighted by molar-refractivity contribution is -0.138. The van der Waals surface area contributed by atoms with Gasteiger partial charge in [-0.15, -0.1) is 0 Å². The van der Waals surface area contributed by atoms with Crippen molar-refractivity contribution in [1.29, 1.82) is 0 Å². The van der Waals surface area contributed by atoms with Crippen molar-refractivity contribution in [3.8, 4) is 0 Å². The Labute approximate surface area is 106 Å². The van der Waals surface area contributed by atoms with Gasteiger partial charge in [-0.1, -0.05) is 11.6 Å². The van der Waals surface area contributed by atoms with Gasteiger partial charge in [0.25, 0.3) is 0 Å². The highest BCUT2D eigenvalue weighted by Gasteiger charge is 2.32. The maximum absolute atomic E-state index is 12.6. The van der Waals surface area contributed by atoms with E-state index < -0.39 is 17.8 Å². The van der Waals surface area contributed by atoms with Gasteiger partial charge in [0.05, 0.1) is 5.56 Å². The van der Waals surface area contributed by atoms with Gasteiger partial charge in [0.1, 0.15) is 12.7 Å². The summed E-state index contributed by atoms with van der Waals surface area (Å²) in [6, 6.07) is 3.04. The van der Waals surface area contributed by atoms with E-state index >= 15 is 0 Å². The Balaban J connectivity index is 2.29. The molecule has 0 unspecified atom stereocenters. The van der Waals surface area contributed by atoms with E-state index in [0.29, 0.717) is 0 Å². The number of hydrogen-bond acceptors (Lipinski definition) is 2. The van der Waals surface area contributed by atoms with Gasteiger partial charge in [-0.25, -0.2) is 0 Å². The molecule has 1 amide bonds.